The maximum atomic E-state index is 14.4. The van der Waals surface area contributed by atoms with Crippen molar-refractivity contribution in [1.29, 1.82) is 0 Å². The van der Waals surface area contributed by atoms with Gasteiger partial charge in [-0.1, -0.05) is 0 Å². The van der Waals surface area contributed by atoms with E-state index in [-0.39, 0.29) is 41.1 Å². The first-order valence-corrected chi connectivity index (χ1v) is 9.39. The van der Waals surface area contributed by atoms with Gasteiger partial charge < -0.3 is 24.3 Å². The van der Waals surface area contributed by atoms with Crippen molar-refractivity contribution >= 4 is 17.7 Å². The highest BCUT2D eigenvalue weighted by atomic mass is 19.1. The van der Waals surface area contributed by atoms with Crippen molar-refractivity contribution in [3.63, 3.8) is 0 Å². The summed E-state index contributed by atoms with van der Waals surface area (Å²) in [5, 5.41) is 6.96. The van der Waals surface area contributed by atoms with Crippen LogP contribution in [0.15, 0.2) is 24.5 Å². The molecule has 2 heterocycles. The zero-order chi connectivity index (χ0) is 23.3. The maximum absolute atomic E-state index is 14.4. The lowest BCUT2D eigenvalue weighted by atomic mass is 10.1. The monoisotopic (exact) mass is 449 g/mol. The Labute approximate surface area is 182 Å². The molecule has 0 atom stereocenters. The Hall–Kier alpha value is -3.96. The van der Waals surface area contributed by atoms with Gasteiger partial charge in [0.25, 0.3) is 0 Å². The number of benzene rings is 1. The van der Waals surface area contributed by atoms with Crippen molar-refractivity contribution in [2.24, 2.45) is 7.05 Å². The van der Waals surface area contributed by atoms with Crippen LogP contribution in [0.25, 0.3) is 0 Å². The number of halogens is 2. The van der Waals surface area contributed by atoms with Gasteiger partial charge in [-0.3, -0.25) is 4.68 Å². The van der Waals surface area contributed by atoms with E-state index in [0.29, 0.717) is 5.82 Å². The van der Waals surface area contributed by atoms with E-state index < -0.39 is 24.2 Å². The van der Waals surface area contributed by atoms with Crippen LogP contribution in [-0.2, 0) is 18.4 Å². The number of hydrogen-bond donors (Lipinski definition) is 1. The van der Waals surface area contributed by atoms with E-state index >= 15 is 0 Å². The lowest BCUT2D eigenvalue weighted by Crippen LogP contribution is -2.07. The van der Waals surface area contributed by atoms with Gasteiger partial charge in [0.2, 0.25) is 5.95 Å². The number of hydrogen-bond acceptors (Lipinski definition) is 9. The number of carbonyl (C=O) groups excluding carboxylic acids is 1. The quantitative estimate of drug-likeness (QED) is 0.493. The Morgan fingerprint density at radius 3 is 2.28 bits per heavy atom. The second-order valence-corrected chi connectivity index (χ2v) is 6.30. The zero-order valence-electron chi connectivity index (χ0n) is 17.8. The van der Waals surface area contributed by atoms with Crippen LogP contribution >= 0.6 is 0 Å². The molecular weight excluding hydrogens is 428 g/mol. The van der Waals surface area contributed by atoms with Crippen molar-refractivity contribution in [1.82, 2.24) is 19.7 Å². The molecule has 0 saturated carbocycles. The first-order valence-electron chi connectivity index (χ1n) is 9.39. The molecule has 2 aromatic heterocycles. The molecule has 0 aliphatic carbocycles. The standard InChI is InChI=1S/C20H21F2N5O5/c1-5-31-19(28)13-6-16(27(2)26-13)25-20-23-8-11(9-24-20)32-10-12-17(21)14(29-3)7-15(30-4)18(12)22/h6-9H,5,10H2,1-4H3,(H,23,24,25). The molecule has 0 saturated heterocycles. The third-order valence-electron chi connectivity index (χ3n) is 4.28. The Morgan fingerprint density at radius 1 is 1.09 bits per heavy atom. The Bertz CT molecular complexity index is 1080. The topological polar surface area (TPSA) is 110 Å². The predicted octanol–water partition coefficient (Wildman–Crippen LogP) is 3.00. The number of nitrogens with one attached hydrogen (secondary N) is 1. The third kappa shape index (κ3) is 4.85. The van der Waals surface area contributed by atoms with Gasteiger partial charge in [0, 0.05) is 19.2 Å². The van der Waals surface area contributed by atoms with E-state index in [2.05, 4.69) is 20.4 Å². The fraction of sp³-hybridized carbons (Fsp3) is 0.300. The summed E-state index contributed by atoms with van der Waals surface area (Å²) in [6.07, 6.45) is 2.65. The van der Waals surface area contributed by atoms with Crippen LogP contribution in [0.4, 0.5) is 20.5 Å². The van der Waals surface area contributed by atoms with Gasteiger partial charge in [-0.25, -0.2) is 23.5 Å². The van der Waals surface area contributed by atoms with Crippen LogP contribution in [0, 0.1) is 11.6 Å². The largest absolute Gasteiger partial charge is 0.494 e. The number of nitrogens with zero attached hydrogens (tertiary/aromatic N) is 4. The van der Waals surface area contributed by atoms with Gasteiger partial charge in [0.15, 0.2) is 34.6 Å². The second-order valence-electron chi connectivity index (χ2n) is 6.30. The molecule has 0 aliphatic rings. The summed E-state index contributed by atoms with van der Waals surface area (Å²) >= 11 is 0. The summed E-state index contributed by atoms with van der Waals surface area (Å²) in [4.78, 5) is 20.0. The van der Waals surface area contributed by atoms with E-state index in [1.54, 1.807) is 14.0 Å². The van der Waals surface area contributed by atoms with Crippen LogP contribution in [0.1, 0.15) is 23.0 Å². The molecule has 0 bridgehead atoms. The van der Waals surface area contributed by atoms with E-state index in [1.807, 2.05) is 0 Å². The molecule has 0 radical (unpaired) electrons. The Balaban J connectivity index is 1.70. The number of anilines is 2. The number of aromatic nitrogens is 4. The predicted molar refractivity (Wildman–Crippen MR) is 108 cm³/mol. The number of rotatable bonds is 9. The smallest absolute Gasteiger partial charge is 0.358 e. The van der Waals surface area contributed by atoms with Gasteiger partial charge in [-0.2, -0.15) is 5.10 Å². The molecule has 1 N–H and O–H groups in total. The fourth-order valence-corrected chi connectivity index (χ4v) is 2.68. The third-order valence-corrected chi connectivity index (χ3v) is 4.28. The van der Waals surface area contributed by atoms with Crippen LogP contribution < -0.4 is 19.5 Å². The molecule has 170 valence electrons. The van der Waals surface area contributed by atoms with Crippen molar-refractivity contribution < 1.29 is 32.5 Å². The molecule has 3 aromatic rings. The van der Waals surface area contributed by atoms with Crippen molar-refractivity contribution in [3.05, 3.63) is 47.4 Å². The van der Waals surface area contributed by atoms with Crippen molar-refractivity contribution in [2.45, 2.75) is 13.5 Å². The van der Waals surface area contributed by atoms with Gasteiger partial charge in [-0.15, -0.1) is 0 Å². The summed E-state index contributed by atoms with van der Waals surface area (Å²) in [5.41, 5.74) is -0.223. The normalized spacial score (nSPS) is 10.6. The number of esters is 1. The summed E-state index contributed by atoms with van der Waals surface area (Å²) in [6, 6.07) is 2.61. The van der Waals surface area contributed by atoms with Crippen LogP contribution in [0.3, 0.4) is 0 Å². The van der Waals surface area contributed by atoms with E-state index in [4.69, 9.17) is 18.9 Å². The van der Waals surface area contributed by atoms with Gasteiger partial charge in [-0.05, 0) is 6.92 Å². The SMILES string of the molecule is CCOC(=O)c1cc(Nc2ncc(OCc3c(F)c(OC)cc(OC)c3F)cn2)n(C)n1. The summed E-state index contributed by atoms with van der Waals surface area (Å²) in [7, 11) is 4.16. The number of methoxy groups -OCH3 is 2. The molecule has 0 unspecified atom stereocenters. The van der Waals surface area contributed by atoms with E-state index in [1.165, 1.54) is 37.4 Å². The minimum atomic E-state index is -0.890. The first kappa shape index (κ1) is 22.7. The molecule has 32 heavy (non-hydrogen) atoms. The second kappa shape index (κ2) is 9.90. The minimum absolute atomic E-state index is 0.134. The summed E-state index contributed by atoms with van der Waals surface area (Å²) < 4.78 is 50.4. The molecule has 0 spiro atoms. The molecule has 10 nitrogen and oxygen atoms in total. The molecule has 12 heteroatoms. The van der Waals surface area contributed by atoms with E-state index in [0.717, 1.165) is 6.07 Å². The number of carbonyl (C=O) groups is 1. The highest BCUT2D eigenvalue weighted by Gasteiger charge is 2.21. The molecule has 0 fully saturated rings. The highest BCUT2D eigenvalue weighted by molar-refractivity contribution is 5.88. The Kier molecular flexibility index (Phi) is 7.03. The minimum Gasteiger partial charge on any atom is -0.494 e. The van der Waals surface area contributed by atoms with Crippen molar-refractivity contribution in [2.75, 3.05) is 26.1 Å². The van der Waals surface area contributed by atoms with Crippen LogP contribution in [0.2, 0.25) is 0 Å². The molecular formula is C20H21F2N5O5. The van der Waals surface area contributed by atoms with E-state index in [9.17, 15) is 13.6 Å². The van der Waals surface area contributed by atoms with Gasteiger partial charge in [0.1, 0.15) is 12.4 Å². The maximum Gasteiger partial charge on any atom is 0.358 e. The Morgan fingerprint density at radius 2 is 1.72 bits per heavy atom. The van der Waals surface area contributed by atoms with Crippen LogP contribution in [-0.4, -0.2) is 46.5 Å². The summed E-state index contributed by atoms with van der Waals surface area (Å²) in [5.74, 6) is -1.85. The average Bonchev–Trinajstić information content (AvgIpc) is 3.15. The lowest BCUT2D eigenvalue weighted by molar-refractivity contribution is 0.0518. The molecule has 1 aromatic carbocycles. The zero-order valence-corrected chi connectivity index (χ0v) is 17.8. The summed E-state index contributed by atoms with van der Waals surface area (Å²) in [6.45, 7) is 1.50. The number of ether oxygens (including phenoxy) is 4. The number of aryl methyl sites for hydroxylation is 1. The molecule has 3 rings (SSSR count). The van der Waals surface area contributed by atoms with Crippen molar-refractivity contribution in [3.8, 4) is 17.2 Å². The van der Waals surface area contributed by atoms with Crippen LogP contribution in [0.5, 0.6) is 17.2 Å². The van der Waals surface area contributed by atoms with Gasteiger partial charge >= 0.3 is 5.97 Å². The fourth-order valence-electron chi connectivity index (χ4n) is 2.68. The molecule has 0 amide bonds. The molecule has 0 aliphatic heterocycles. The highest BCUT2D eigenvalue weighted by Crippen LogP contribution is 2.32. The lowest BCUT2D eigenvalue weighted by Gasteiger charge is -2.13. The average molecular weight is 449 g/mol. The van der Waals surface area contributed by atoms with Gasteiger partial charge in [0.05, 0.1) is 38.8 Å². The first-order chi connectivity index (χ1) is 15.4.